The minimum atomic E-state index is -0.517. The summed E-state index contributed by atoms with van der Waals surface area (Å²) in [5.41, 5.74) is 6.02. The maximum Gasteiger partial charge on any atom is 0.253 e. The molecular weight excluding hydrogens is 615 g/mol. The molecule has 9 nitrogen and oxygen atoms in total. The molecule has 0 bridgehead atoms. The van der Waals surface area contributed by atoms with E-state index >= 15 is 0 Å². The molecule has 0 aliphatic rings. The van der Waals surface area contributed by atoms with Crippen LogP contribution < -0.4 is 15.5 Å². The van der Waals surface area contributed by atoms with E-state index in [1.807, 2.05) is 41.0 Å². The molecule has 3 N–H and O–H groups in total. The number of amides is 1. The molecule has 0 fully saturated rings. The van der Waals surface area contributed by atoms with E-state index in [1.165, 1.54) is 34.7 Å². The van der Waals surface area contributed by atoms with Crippen molar-refractivity contribution in [3.63, 3.8) is 0 Å². The molecule has 0 aliphatic carbocycles. The van der Waals surface area contributed by atoms with Crippen LogP contribution in [0.2, 0.25) is 0 Å². The highest BCUT2D eigenvalue weighted by Gasteiger charge is 2.21. The monoisotopic (exact) mass is 642 g/mol. The first-order valence-corrected chi connectivity index (χ1v) is 13.7. The van der Waals surface area contributed by atoms with Gasteiger partial charge in [0, 0.05) is 20.5 Å². The molecule has 0 unspecified atom stereocenters. The molecule has 11 heteroatoms. The third-order valence-electron chi connectivity index (χ3n) is 5.60. The number of phenolic OH excluding ortho intramolecular Hbond substituents is 1. The smallest absolute Gasteiger partial charge is 0.253 e. The first-order valence-electron chi connectivity index (χ1n) is 11.7. The zero-order chi connectivity index (χ0) is 27.1. The number of nitrogens with zero attached hydrogens (tertiary/aromatic N) is 4. The van der Waals surface area contributed by atoms with Crippen LogP contribution in [0.4, 0.5) is 5.69 Å². The molecule has 3 aromatic carbocycles. The minimum absolute atomic E-state index is 0.0313. The number of hydrogen-bond donors (Lipinski definition) is 3. The predicted molar refractivity (Wildman–Crippen MR) is 158 cm³/mol. The lowest BCUT2D eigenvalue weighted by Crippen LogP contribution is -2.27. The van der Waals surface area contributed by atoms with Gasteiger partial charge in [0.05, 0.1) is 25.1 Å². The van der Waals surface area contributed by atoms with Crippen molar-refractivity contribution < 1.29 is 14.6 Å². The average Bonchev–Trinajstić information content (AvgIpc) is 3.31. The fraction of sp³-hybridized carbons (Fsp3) is 0.185. The second kappa shape index (κ2) is 12.8. The molecule has 1 aromatic heterocycles. The van der Waals surface area contributed by atoms with Crippen LogP contribution in [-0.2, 0) is 11.3 Å². The summed E-state index contributed by atoms with van der Waals surface area (Å²) in [5, 5.41) is 26.3. The lowest BCUT2D eigenvalue weighted by Gasteiger charge is -2.14. The Kier molecular flexibility index (Phi) is 9.24. The molecule has 1 atom stereocenters. The van der Waals surface area contributed by atoms with E-state index in [2.05, 4.69) is 67.7 Å². The van der Waals surface area contributed by atoms with E-state index in [0.717, 1.165) is 22.8 Å². The van der Waals surface area contributed by atoms with Gasteiger partial charge in [0.15, 0.2) is 11.0 Å². The predicted octanol–water partition coefficient (Wildman–Crippen LogP) is 5.14. The number of nitrogens with one attached hydrogen (secondary N) is 2. The van der Waals surface area contributed by atoms with Crippen LogP contribution in [-0.4, -0.2) is 44.4 Å². The summed E-state index contributed by atoms with van der Waals surface area (Å²) < 4.78 is 8.28. The summed E-state index contributed by atoms with van der Waals surface area (Å²) in [5.74, 6) is 1.01. The second-order valence-electron chi connectivity index (χ2n) is 8.30. The number of aromatic nitrogens is 3. The van der Waals surface area contributed by atoms with E-state index in [4.69, 9.17) is 4.74 Å². The fourth-order valence-electron chi connectivity index (χ4n) is 3.56. The van der Waals surface area contributed by atoms with Gasteiger partial charge in [0.2, 0.25) is 0 Å². The summed E-state index contributed by atoms with van der Waals surface area (Å²) >= 11 is 3.58. The highest BCUT2D eigenvalue weighted by molar-refractivity contribution is 14.1. The van der Waals surface area contributed by atoms with E-state index in [9.17, 15) is 9.90 Å². The Hall–Kier alpha value is -3.58. The molecule has 1 amide bonds. The van der Waals surface area contributed by atoms with Crippen molar-refractivity contribution in [3.05, 3.63) is 87.3 Å². The minimum Gasteiger partial charge on any atom is -0.507 e. The number of halogens is 1. The van der Waals surface area contributed by atoms with Gasteiger partial charge in [-0.25, -0.2) is 5.43 Å². The number of aromatic hydroxyl groups is 1. The maximum absolute atomic E-state index is 12.8. The number of anilines is 1. The van der Waals surface area contributed by atoms with E-state index in [1.54, 1.807) is 19.1 Å². The molecule has 1 heterocycles. The fourth-order valence-corrected chi connectivity index (χ4v) is 5.09. The number of carbonyl (C=O) groups is 1. The number of para-hydroxylation sites is 1. The van der Waals surface area contributed by atoms with Crippen LogP contribution in [0.25, 0.3) is 5.69 Å². The van der Waals surface area contributed by atoms with Crippen molar-refractivity contribution in [2.75, 3.05) is 12.4 Å². The average molecular weight is 643 g/mol. The van der Waals surface area contributed by atoms with Crippen LogP contribution in [0.1, 0.15) is 23.9 Å². The number of benzene rings is 3. The molecule has 0 radical (unpaired) electrons. The zero-order valence-corrected chi connectivity index (χ0v) is 24.0. The molecule has 0 saturated heterocycles. The van der Waals surface area contributed by atoms with E-state index in [0.29, 0.717) is 23.0 Å². The lowest BCUT2D eigenvalue weighted by atomic mass is 10.2. The third kappa shape index (κ3) is 6.84. The summed E-state index contributed by atoms with van der Waals surface area (Å²) in [6.45, 7) is 4.29. The maximum atomic E-state index is 12.8. The van der Waals surface area contributed by atoms with Gasteiger partial charge in [-0.1, -0.05) is 30.0 Å². The molecule has 0 spiro atoms. The quantitative estimate of drug-likeness (QED) is 0.0951. The number of aryl methyl sites for hydroxylation is 1. The lowest BCUT2D eigenvalue weighted by molar-refractivity contribution is -0.120. The van der Waals surface area contributed by atoms with Crippen molar-refractivity contribution in [3.8, 4) is 17.2 Å². The second-order valence-corrected chi connectivity index (χ2v) is 10.9. The number of rotatable bonds is 10. The Bertz CT molecular complexity index is 1440. The van der Waals surface area contributed by atoms with Gasteiger partial charge >= 0.3 is 0 Å². The normalized spacial score (nSPS) is 11.9. The van der Waals surface area contributed by atoms with Crippen molar-refractivity contribution in [1.82, 2.24) is 20.2 Å². The molecule has 0 aliphatic heterocycles. The first-order chi connectivity index (χ1) is 18.4. The van der Waals surface area contributed by atoms with Crippen LogP contribution in [0.15, 0.2) is 77.0 Å². The standard InChI is InChI=1S/C27H27IN6O3S/c1-17-13-20(28)9-11-23(17)29-16-25-31-33-27(34(25)21-7-5-4-6-8-21)38-18(2)26(36)32-30-15-19-14-22(37-3)10-12-24(19)35/h4-15,18,29,35H,16H2,1-3H3,(H,32,36)/b30-15-/t18-/m1/s1. The highest BCUT2D eigenvalue weighted by Crippen LogP contribution is 2.27. The van der Waals surface area contributed by atoms with E-state index in [-0.39, 0.29) is 11.7 Å². The molecule has 4 aromatic rings. The van der Waals surface area contributed by atoms with Gasteiger partial charge in [-0.15, -0.1) is 10.2 Å². The number of carbonyl (C=O) groups excluding carboxylic acids is 1. The molecule has 4 rings (SSSR count). The van der Waals surface area contributed by atoms with E-state index < -0.39 is 5.25 Å². The number of thioether (sulfide) groups is 1. The molecular formula is C27H27IN6O3S. The van der Waals surface area contributed by atoms with Crippen molar-refractivity contribution in [2.24, 2.45) is 5.10 Å². The number of ether oxygens (including phenoxy) is 1. The first kappa shape index (κ1) is 27.5. The van der Waals surface area contributed by atoms with Gasteiger partial charge in [0.1, 0.15) is 11.5 Å². The van der Waals surface area contributed by atoms with Crippen molar-refractivity contribution >= 4 is 52.2 Å². The Morgan fingerprint density at radius 1 is 1.18 bits per heavy atom. The van der Waals surface area contributed by atoms with Crippen molar-refractivity contribution in [1.29, 1.82) is 0 Å². The summed E-state index contributed by atoms with van der Waals surface area (Å²) in [7, 11) is 1.53. The van der Waals surface area contributed by atoms with Crippen LogP contribution in [0.3, 0.4) is 0 Å². The largest absolute Gasteiger partial charge is 0.507 e. The summed E-state index contributed by atoms with van der Waals surface area (Å²) in [4.78, 5) is 12.8. The number of hydrazone groups is 1. The number of phenols is 1. The van der Waals surface area contributed by atoms with Crippen LogP contribution in [0.5, 0.6) is 11.5 Å². The van der Waals surface area contributed by atoms with Gasteiger partial charge in [-0.2, -0.15) is 5.10 Å². The summed E-state index contributed by atoms with van der Waals surface area (Å²) in [6, 6.07) is 20.8. The Balaban J connectivity index is 1.48. The van der Waals surface area contributed by atoms with Gasteiger partial charge in [0.25, 0.3) is 5.91 Å². The topological polar surface area (TPSA) is 114 Å². The zero-order valence-electron chi connectivity index (χ0n) is 21.1. The van der Waals surface area contributed by atoms with Crippen molar-refractivity contribution in [2.45, 2.75) is 30.8 Å². The van der Waals surface area contributed by atoms with Crippen LogP contribution >= 0.6 is 34.4 Å². The molecule has 196 valence electrons. The number of hydrogen-bond acceptors (Lipinski definition) is 8. The van der Waals surface area contributed by atoms with Gasteiger partial charge in [-0.3, -0.25) is 9.36 Å². The Morgan fingerprint density at radius 3 is 2.71 bits per heavy atom. The Morgan fingerprint density at radius 2 is 1.97 bits per heavy atom. The van der Waals surface area contributed by atoms with Gasteiger partial charge in [-0.05, 0) is 90.5 Å². The van der Waals surface area contributed by atoms with Gasteiger partial charge < -0.3 is 15.2 Å². The Labute approximate surface area is 238 Å². The highest BCUT2D eigenvalue weighted by atomic mass is 127. The molecule has 0 saturated carbocycles. The number of methoxy groups -OCH3 is 1. The SMILES string of the molecule is COc1ccc(O)c(/C=N\NC(=O)[C@@H](C)Sc2nnc(CNc3ccc(I)cc3C)n2-c2ccccc2)c1. The summed E-state index contributed by atoms with van der Waals surface area (Å²) in [6.07, 6.45) is 1.37. The third-order valence-corrected chi connectivity index (χ3v) is 7.32. The van der Waals surface area contributed by atoms with Crippen LogP contribution in [0, 0.1) is 10.5 Å². The molecule has 38 heavy (non-hydrogen) atoms.